The lowest BCUT2D eigenvalue weighted by molar-refractivity contribution is 0.102. The summed E-state index contributed by atoms with van der Waals surface area (Å²) in [5, 5.41) is 11.4. The molecule has 0 amide bonds. The number of aryl methyl sites for hydroxylation is 2. The van der Waals surface area contributed by atoms with Crippen LogP contribution in [0.1, 0.15) is 57.0 Å². The van der Waals surface area contributed by atoms with Crippen LogP contribution in [-0.2, 0) is 13.5 Å². The highest BCUT2D eigenvalue weighted by Crippen LogP contribution is 2.20. The Morgan fingerprint density at radius 2 is 1.81 bits per heavy atom. The summed E-state index contributed by atoms with van der Waals surface area (Å²) in [4.78, 5) is 7.46. The zero-order valence-electron chi connectivity index (χ0n) is 18.1. The average Bonchev–Trinajstić information content (AvgIpc) is 2.86. The standard InChI is InChI=1S/C20H38N6.HI/c1-7-21-19(22-12-11-18-16(2)24-25(6)17(18)3)23-15-20(4,5)26-13-9-8-10-14-26;/h7-15H2,1-6H3,(H2,21,22,23);1H. The lowest BCUT2D eigenvalue weighted by Crippen LogP contribution is -2.49. The van der Waals surface area contributed by atoms with Crippen molar-refractivity contribution in [3.8, 4) is 0 Å². The van der Waals surface area contributed by atoms with E-state index in [1.165, 1.54) is 43.6 Å². The van der Waals surface area contributed by atoms with Crippen LogP contribution in [0.3, 0.4) is 0 Å². The molecule has 156 valence electrons. The van der Waals surface area contributed by atoms with Gasteiger partial charge in [0.15, 0.2) is 5.96 Å². The maximum absolute atomic E-state index is 4.87. The highest BCUT2D eigenvalue weighted by molar-refractivity contribution is 14.0. The first-order valence-electron chi connectivity index (χ1n) is 10.1. The van der Waals surface area contributed by atoms with Crippen molar-refractivity contribution in [3.05, 3.63) is 17.0 Å². The average molecular weight is 490 g/mol. The lowest BCUT2D eigenvalue weighted by Gasteiger charge is -2.40. The number of nitrogens with zero attached hydrogens (tertiary/aromatic N) is 4. The topological polar surface area (TPSA) is 57.5 Å². The Morgan fingerprint density at radius 1 is 1.15 bits per heavy atom. The molecule has 0 atom stereocenters. The number of hydrogen-bond acceptors (Lipinski definition) is 3. The van der Waals surface area contributed by atoms with Gasteiger partial charge in [-0.15, -0.1) is 24.0 Å². The maximum Gasteiger partial charge on any atom is 0.191 e. The second-order valence-corrected chi connectivity index (χ2v) is 8.01. The van der Waals surface area contributed by atoms with Gasteiger partial charge < -0.3 is 10.6 Å². The van der Waals surface area contributed by atoms with E-state index in [1.54, 1.807) is 0 Å². The van der Waals surface area contributed by atoms with Gasteiger partial charge in [-0.3, -0.25) is 14.6 Å². The van der Waals surface area contributed by atoms with Crippen LogP contribution >= 0.6 is 24.0 Å². The van der Waals surface area contributed by atoms with Crippen molar-refractivity contribution >= 4 is 29.9 Å². The smallest absolute Gasteiger partial charge is 0.191 e. The van der Waals surface area contributed by atoms with Crippen LogP contribution in [0.4, 0.5) is 0 Å². The van der Waals surface area contributed by atoms with Gasteiger partial charge in [-0.1, -0.05) is 6.42 Å². The van der Waals surface area contributed by atoms with Gasteiger partial charge in [-0.05, 0) is 72.5 Å². The van der Waals surface area contributed by atoms with E-state index >= 15 is 0 Å². The monoisotopic (exact) mass is 490 g/mol. The van der Waals surface area contributed by atoms with Crippen LogP contribution in [0.5, 0.6) is 0 Å². The summed E-state index contributed by atoms with van der Waals surface area (Å²) in [6, 6.07) is 0. The summed E-state index contributed by atoms with van der Waals surface area (Å²) in [6.07, 6.45) is 4.96. The molecule has 7 heteroatoms. The van der Waals surface area contributed by atoms with Gasteiger partial charge in [-0.2, -0.15) is 5.10 Å². The van der Waals surface area contributed by atoms with Crippen LogP contribution in [0, 0.1) is 13.8 Å². The number of hydrogen-bond donors (Lipinski definition) is 2. The molecule has 2 rings (SSSR count). The molecule has 1 aliphatic rings. The molecule has 1 saturated heterocycles. The van der Waals surface area contributed by atoms with E-state index in [0.717, 1.165) is 37.7 Å². The molecule has 0 radical (unpaired) electrons. The highest BCUT2D eigenvalue weighted by atomic mass is 127. The quantitative estimate of drug-likeness (QED) is 0.351. The number of guanidine groups is 1. The minimum atomic E-state index is 0. The Hall–Kier alpha value is -0.830. The molecule has 1 aliphatic heterocycles. The number of piperidine rings is 1. The van der Waals surface area contributed by atoms with Crippen LogP contribution in [-0.4, -0.2) is 58.9 Å². The van der Waals surface area contributed by atoms with Crippen molar-refractivity contribution in [2.75, 3.05) is 32.7 Å². The van der Waals surface area contributed by atoms with Crippen molar-refractivity contribution in [2.45, 2.75) is 65.8 Å². The highest BCUT2D eigenvalue weighted by Gasteiger charge is 2.27. The summed E-state index contributed by atoms with van der Waals surface area (Å²) < 4.78 is 1.96. The Kier molecular flexibility index (Phi) is 10.1. The van der Waals surface area contributed by atoms with E-state index in [4.69, 9.17) is 4.99 Å². The predicted molar refractivity (Wildman–Crippen MR) is 125 cm³/mol. The minimum Gasteiger partial charge on any atom is -0.357 e. The Labute approximate surface area is 182 Å². The number of aromatic nitrogens is 2. The van der Waals surface area contributed by atoms with Crippen molar-refractivity contribution in [1.82, 2.24) is 25.3 Å². The van der Waals surface area contributed by atoms with Gasteiger partial charge in [0.05, 0.1) is 12.2 Å². The van der Waals surface area contributed by atoms with Crippen molar-refractivity contribution in [1.29, 1.82) is 0 Å². The summed E-state index contributed by atoms with van der Waals surface area (Å²) >= 11 is 0. The molecule has 6 nitrogen and oxygen atoms in total. The molecule has 1 fully saturated rings. The Bertz CT molecular complexity index is 602. The van der Waals surface area contributed by atoms with Crippen molar-refractivity contribution in [2.24, 2.45) is 12.0 Å². The molecule has 2 heterocycles. The minimum absolute atomic E-state index is 0. The summed E-state index contributed by atoms with van der Waals surface area (Å²) in [5.41, 5.74) is 3.82. The van der Waals surface area contributed by atoms with E-state index in [1.807, 2.05) is 11.7 Å². The second kappa shape index (κ2) is 11.2. The van der Waals surface area contributed by atoms with Crippen molar-refractivity contribution in [3.63, 3.8) is 0 Å². The molecular weight excluding hydrogens is 451 g/mol. The maximum atomic E-state index is 4.87. The van der Waals surface area contributed by atoms with Crippen LogP contribution in [0.25, 0.3) is 0 Å². The molecule has 0 bridgehead atoms. The lowest BCUT2D eigenvalue weighted by atomic mass is 9.99. The summed E-state index contributed by atoms with van der Waals surface area (Å²) in [5.74, 6) is 0.914. The normalized spacial score (nSPS) is 16.1. The molecular formula is C20H39IN6. The third-order valence-electron chi connectivity index (χ3n) is 5.51. The van der Waals surface area contributed by atoms with E-state index in [2.05, 4.69) is 55.3 Å². The third kappa shape index (κ3) is 6.93. The molecule has 0 aliphatic carbocycles. The number of likely N-dealkylation sites (tertiary alicyclic amines) is 1. The van der Waals surface area contributed by atoms with E-state index in [9.17, 15) is 0 Å². The molecule has 27 heavy (non-hydrogen) atoms. The van der Waals surface area contributed by atoms with E-state index < -0.39 is 0 Å². The van der Waals surface area contributed by atoms with Gasteiger partial charge in [0.2, 0.25) is 0 Å². The van der Waals surface area contributed by atoms with Crippen LogP contribution < -0.4 is 10.6 Å². The van der Waals surface area contributed by atoms with Gasteiger partial charge in [0.1, 0.15) is 0 Å². The SMILES string of the molecule is CCNC(=NCC(C)(C)N1CCCCC1)NCCc1c(C)nn(C)c1C.I. The molecule has 0 aromatic carbocycles. The fraction of sp³-hybridized carbons (Fsp3) is 0.800. The first-order valence-corrected chi connectivity index (χ1v) is 10.1. The molecule has 0 unspecified atom stereocenters. The summed E-state index contributed by atoms with van der Waals surface area (Å²) in [7, 11) is 2.01. The fourth-order valence-corrected chi connectivity index (χ4v) is 3.70. The van der Waals surface area contributed by atoms with Gasteiger partial charge in [0.25, 0.3) is 0 Å². The molecule has 2 N–H and O–H groups in total. The predicted octanol–water partition coefficient (Wildman–Crippen LogP) is 3.02. The zero-order chi connectivity index (χ0) is 19.2. The van der Waals surface area contributed by atoms with Crippen molar-refractivity contribution < 1.29 is 0 Å². The molecule has 0 spiro atoms. The van der Waals surface area contributed by atoms with E-state index in [-0.39, 0.29) is 29.5 Å². The summed E-state index contributed by atoms with van der Waals surface area (Å²) in [6.45, 7) is 15.9. The van der Waals surface area contributed by atoms with Crippen LogP contribution in [0.2, 0.25) is 0 Å². The molecule has 1 aromatic heterocycles. The number of aliphatic imine (C=N–C) groups is 1. The Morgan fingerprint density at radius 3 is 2.37 bits per heavy atom. The number of halogens is 1. The first-order chi connectivity index (χ1) is 12.3. The van der Waals surface area contributed by atoms with Crippen LogP contribution in [0.15, 0.2) is 4.99 Å². The molecule has 0 saturated carbocycles. The van der Waals surface area contributed by atoms with Gasteiger partial charge >= 0.3 is 0 Å². The van der Waals surface area contributed by atoms with Gasteiger partial charge in [0, 0.05) is 31.4 Å². The third-order valence-corrected chi connectivity index (χ3v) is 5.51. The first kappa shape index (κ1) is 24.2. The zero-order valence-corrected chi connectivity index (χ0v) is 20.4. The Balaban J connectivity index is 0.00000364. The number of rotatable bonds is 7. The second-order valence-electron chi connectivity index (χ2n) is 8.01. The van der Waals surface area contributed by atoms with Gasteiger partial charge in [-0.25, -0.2) is 0 Å². The number of nitrogens with one attached hydrogen (secondary N) is 2. The fourth-order valence-electron chi connectivity index (χ4n) is 3.70. The van der Waals surface area contributed by atoms with E-state index in [0.29, 0.717) is 0 Å². The largest absolute Gasteiger partial charge is 0.357 e. The molecule has 1 aromatic rings.